The van der Waals surface area contributed by atoms with Crippen LogP contribution in [0.4, 0.5) is 4.39 Å². The van der Waals surface area contributed by atoms with Crippen LogP contribution in [-0.2, 0) is 6.54 Å². The zero-order chi connectivity index (χ0) is 19.7. The molecule has 144 valence electrons. The number of benzene rings is 2. The summed E-state index contributed by atoms with van der Waals surface area (Å²) in [5, 5.41) is 7.67. The number of nitrogens with one attached hydrogen (secondary N) is 1. The van der Waals surface area contributed by atoms with E-state index in [0.717, 1.165) is 33.9 Å². The molecule has 6 heteroatoms. The third-order valence-electron chi connectivity index (χ3n) is 5.10. The van der Waals surface area contributed by atoms with Crippen molar-refractivity contribution in [1.82, 2.24) is 15.1 Å². The van der Waals surface area contributed by atoms with Crippen LogP contribution in [0.3, 0.4) is 0 Å². The van der Waals surface area contributed by atoms with E-state index < -0.39 is 0 Å². The first-order valence-electron chi connectivity index (χ1n) is 9.34. The number of carbonyl (C=O) groups is 1. The Kier molecular flexibility index (Phi) is 5.22. The van der Waals surface area contributed by atoms with E-state index >= 15 is 0 Å². The SMILES string of the molecule is Cc1nn(Cc2ccccc2)c(C)c1C(=O)NC1CCSc2ccc(F)cc21. The molecule has 0 saturated heterocycles. The largest absolute Gasteiger partial charge is 0.345 e. The summed E-state index contributed by atoms with van der Waals surface area (Å²) in [4.78, 5) is 14.1. The van der Waals surface area contributed by atoms with Gasteiger partial charge in [-0.05, 0) is 49.6 Å². The Bertz CT molecular complexity index is 1020. The summed E-state index contributed by atoms with van der Waals surface area (Å²) in [6.45, 7) is 4.39. The van der Waals surface area contributed by atoms with Gasteiger partial charge in [-0.25, -0.2) is 4.39 Å². The molecule has 0 bridgehead atoms. The van der Waals surface area contributed by atoms with Crippen molar-refractivity contribution in [3.05, 3.63) is 82.4 Å². The van der Waals surface area contributed by atoms with Crippen molar-refractivity contribution in [2.24, 2.45) is 0 Å². The third kappa shape index (κ3) is 3.69. The van der Waals surface area contributed by atoms with E-state index in [9.17, 15) is 9.18 Å². The van der Waals surface area contributed by atoms with E-state index in [4.69, 9.17) is 0 Å². The summed E-state index contributed by atoms with van der Waals surface area (Å²) in [5.74, 6) is 0.472. The van der Waals surface area contributed by atoms with Gasteiger partial charge in [-0.3, -0.25) is 9.48 Å². The number of fused-ring (bicyclic) bond motifs is 1. The van der Waals surface area contributed by atoms with E-state index in [1.807, 2.05) is 48.9 Å². The molecule has 4 nitrogen and oxygen atoms in total. The minimum atomic E-state index is -0.274. The van der Waals surface area contributed by atoms with Crippen molar-refractivity contribution >= 4 is 17.7 Å². The highest BCUT2D eigenvalue weighted by atomic mass is 32.2. The first-order valence-corrected chi connectivity index (χ1v) is 10.3. The number of amides is 1. The lowest BCUT2D eigenvalue weighted by Gasteiger charge is -2.26. The molecule has 2 heterocycles. The Labute approximate surface area is 168 Å². The maximum atomic E-state index is 13.7. The van der Waals surface area contributed by atoms with Gasteiger partial charge in [-0.15, -0.1) is 11.8 Å². The van der Waals surface area contributed by atoms with E-state index in [2.05, 4.69) is 10.4 Å². The summed E-state index contributed by atoms with van der Waals surface area (Å²) in [5.41, 5.74) is 4.14. The molecule has 0 fully saturated rings. The molecule has 0 radical (unpaired) electrons. The Morgan fingerprint density at radius 2 is 2.04 bits per heavy atom. The van der Waals surface area contributed by atoms with Crippen LogP contribution in [0, 0.1) is 19.7 Å². The monoisotopic (exact) mass is 395 g/mol. The Morgan fingerprint density at radius 1 is 1.25 bits per heavy atom. The number of hydrogen-bond donors (Lipinski definition) is 1. The summed E-state index contributed by atoms with van der Waals surface area (Å²) >= 11 is 1.70. The molecule has 1 unspecified atom stereocenters. The van der Waals surface area contributed by atoms with Gasteiger partial charge in [0.2, 0.25) is 0 Å². The maximum Gasteiger partial charge on any atom is 0.255 e. The van der Waals surface area contributed by atoms with E-state index in [0.29, 0.717) is 17.8 Å². The average molecular weight is 396 g/mol. The number of rotatable bonds is 4. The zero-order valence-electron chi connectivity index (χ0n) is 15.9. The molecule has 0 aliphatic carbocycles. The Balaban J connectivity index is 1.57. The molecule has 1 aromatic heterocycles. The van der Waals surface area contributed by atoms with Crippen LogP contribution >= 0.6 is 11.8 Å². The maximum absolute atomic E-state index is 13.7. The normalized spacial score (nSPS) is 15.9. The van der Waals surface area contributed by atoms with Crippen LogP contribution in [0.2, 0.25) is 0 Å². The fourth-order valence-corrected chi connectivity index (χ4v) is 4.79. The van der Waals surface area contributed by atoms with Gasteiger partial charge in [0.05, 0.1) is 23.8 Å². The predicted molar refractivity (Wildman–Crippen MR) is 109 cm³/mol. The molecule has 28 heavy (non-hydrogen) atoms. The molecule has 1 aliphatic rings. The van der Waals surface area contributed by atoms with Crippen molar-refractivity contribution in [2.45, 2.75) is 37.8 Å². The summed E-state index contributed by atoms with van der Waals surface area (Å²) < 4.78 is 15.6. The van der Waals surface area contributed by atoms with Crippen molar-refractivity contribution in [1.29, 1.82) is 0 Å². The number of carbonyl (C=O) groups excluding carboxylic acids is 1. The molecule has 0 saturated carbocycles. The van der Waals surface area contributed by atoms with Gasteiger partial charge < -0.3 is 5.32 Å². The molecular weight excluding hydrogens is 373 g/mol. The van der Waals surface area contributed by atoms with Crippen molar-refractivity contribution < 1.29 is 9.18 Å². The first-order chi connectivity index (χ1) is 13.5. The van der Waals surface area contributed by atoms with Crippen LogP contribution < -0.4 is 5.32 Å². The fourth-order valence-electron chi connectivity index (χ4n) is 3.68. The minimum Gasteiger partial charge on any atom is -0.345 e. The molecule has 2 aromatic carbocycles. The van der Waals surface area contributed by atoms with E-state index in [-0.39, 0.29) is 17.8 Å². The van der Waals surface area contributed by atoms with Gasteiger partial charge in [-0.2, -0.15) is 5.10 Å². The van der Waals surface area contributed by atoms with E-state index in [1.165, 1.54) is 12.1 Å². The van der Waals surface area contributed by atoms with Crippen LogP contribution in [0.5, 0.6) is 0 Å². The topological polar surface area (TPSA) is 46.9 Å². The molecule has 3 aromatic rings. The molecule has 4 rings (SSSR count). The molecular formula is C22H22FN3OS. The lowest BCUT2D eigenvalue weighted by molar-refractivity contribution is 0.0933. The van der Waals surface area contributed by atoms with Crippen LogP contribution in [-0.4, -0.2) is 21.4 Å². The second-order valence-corrected chi connectivity index (χ2v) is 8.17. The smallest absolute Gasteiger partial charge is 0.255 e. The highest BCUT2D eigenvalue weighted by Gasteiger charge is 2.26. The number of thioether (sulfide) groups is 1. The van der Waals surface area contributed by atoms with Gasteiger partial charge in [0.15, 0.2) is 0 Å². The van der Waals surface area contributed by atoms with Gasteiger partial charge in [0, 0.05) is 16.3 Å². The van der Waals surface area contributed by atoms with Gasteiger partial charge >= 0.3 is 0 Å². The van der Waals surface area contributed by atoms with E-state index in [1.54, 1.807) is 17.8 Å². The molecule has 0 spiro atoms. The molecule has 1 N–H and O–H groups in total. The second-order valence-electron chi connectivity index (χ2n) is 7.03. The van der Waals surface area contributed by atoms with Crippen LogP contribution in [0.25, 0.3) is 0 Å². The third-order valence-corrected chi connectivity index (χ3v) is 6.22. The standard InChI is InChI=1S/C22H22FN3OS/c1-14-21(15(2)26(25-14)13-16-6-4-3-5-7-16)22(27)24-19-10-11-28-20-9-8-17(23)12-18(19)20/h3-9,12,19H,10-11,13H2,1-2H3,(H,24,27). The van der Waals surface area contributed by atoms with Crippen molar-refractivity contribution in [2.75, 3.05) is 5.75 Å². The van der Waals surface area contributed by atoms with Crippen LogP contribution in [0.15, 0.2) is 53.4 Å². The number of aromatic nitrogens is 2. The van der Waals surface area contributed by atoms with Gasteiger partial charge in [0.25, 0.3) is 5.91 Å². The number of nitrogens with zero attached hydrogens (tertiary/aromatic N) is 2. The molecule has 1 atom stereocenters. The minimum absolute atomic E-state index is 0.151. The highest BCUT2D eigenvalue weighted by molar-refractivity contribution is 7.99. The summed E-state index contributed by atoms with van der Waals surface area (Å²) in [7, 11) is 0. The van der Waals surface area contributed by atoms with Crippen LogP contribution in [0.1, 0.15) is 45.3 Å². The number of halogens is 1. The van der Waals surface area contributed by atoms with Crippen molar-refractivity contribution in [3.63, 3.8) is 0 Å². The predicted octanol–water partition coefficient (Wildman–Crippen LogP) is 4.65. The first kappa shape index (κ1) is 18.7. The molecule has 1 amide bonds. The number of hydrogen-bond acceptors (Lipinski definition) is 3. The van der Waals surface area contributed by atoms with Gasteiger partial charge in [0.1, 0.15) is 5.82 Å². The number of aryl methyl sites for hydroxylation is 1. The molecule has 1 aliphatic heterocycles. The lowest BCUT2D eigenvalue weighted by Crippen LogP contribution is -2.31. The second kappa shape index (κ2) is 7.80. The Morgan fingerprint density at radius 3 is 2.82 bits per heavy atom. The lowest BCUT2D eigenvalue weighted by atomic mass is 10.0. The average Bonchev–Trinajstić information content (AvgIpc) is 2.96. The fraction of sp³-hybridized carbons (Fsp3) is 0.273. The highest BCUT2D eigenvalue weighted by Crippen LogP contribution is 2.36. The van der Waals surface area contributed by atoms with Crippen molar-refractivity contribution in [3.8, 4) is 0 Å². The summed E-state index contributed by atoms with van der Waals surface area (Å²) in [6, 6.07) is 14.7. The quantitative estimate of drug-likeness (QED) is 0.699. The zero-order valence-corrected chi connectivity index (χ0v) is 16.7. The Hall–Kier alpha value is -2.60. The summed E-state index contributed by atoms with van der Waals surface area (Å²) in [6.07, 6.45) is 0.781. The van der Waals surface area contributed by atoms with Gasteiger partial charge in [-0.1, -0.05) is 30.3 Å².